The molecule has 1 rings (SSSR count). The molecule has 28 heavy (non-hydrogen) atoms. The summed E-state index contributed by atoms with van der Waals surface area (Å²) in [4.78, 5) is 0. The van der Waals surface area contributed by atoms with E-state index in [1.54, 1.807) is 0 Å². The number of rotatable bonds is 11. The monoisotopic (exact) mass is 652 g/mol. The third-order valence-electron chi connectivity index (χ3n) is 5.10. The van der Waals surface area contributed by atoms with Crippen molar-refractivity contribution < 1.29 is 13.9 Å². The zero-order valence-corrected chi connectivity index (χ0v) is 25.3. The molecule has 0 aromatic carbocycles. The molecule has 1 aromatic heterocycles. The summed E-state index contributed by atoms with van der Waals surface area (Å²) in [6, 6.07) is 1.14. The normalized spacial score (nSPS) is 14.4. The zero-order chi connectivity index (χ0) is 21.8. The minimum Gasteiger partial charge on any atom is -0.449 e. The van der Waals surface area contributed by atoms with Gasteiger partial charge in [0.2, 0.25) is 5.88 Å². The molecule has 0 aliphatic rings. The molecule has 1 atom stereocenters. The van der Waals surface area contributed by atoms with Crippen molar-refractivity contribution in [2.75, 3.05) is 13.4 Å². The molecule has 0 amide bonds. The Morgan fingerprint density at radius 2 is 1.75 bits per heavy atom. The largest absolute Gasteiger partial charge is 0.449 e. The number of nitrogens with zero attached hydrogens (tertiary/aromatic N) is 2. The van der Waals surface area contributed by atoms with E-state index in [4.69, 9.17) is 19.0 Å². The van der Waals surface area contributed by atoms with E-state index in [0.29, 0.717) is 5.88 Å². The first-order valence-corrected chi connectivity index (χ1v) is 19.1. The molecule has 0 N–H and O–H groups in total. The van der Waals surface area contributed by atoms with E-state index >= 15 is 0 Å². The highest BCUT2D eigenvalue weighted by Gasteiger charge is 2.38. The van der Waals surface area contributed by atoms with Crippen LogP contribution < -0.4 is 4.74 Å². The lowest BCUT2D eigenvalue weighted by molar-refractivity contribution is 0.0183. The van der Waals surface area contributed by atoms with Crippen molar-refractivity contribution in [1.82, 2.24) is 9.78 Å². The van der Waals surface area contributed by atoms with Crippen LogP contribution in [0.3, 0.4) is 0 Å². The molecular weight excluding hydrogens is 614 g/mol. The fourth-order valence-electron chi connectivity index (χ4n) is 2.32. The van der Waals surface area contributed by atoms with Gasteiger partial charge in [-0.05, 0) is 53.7 Å². The Kier molecular flexibility index (Phi) is 10.5. The van der Waals surface area contributed by atoms with Gasteiger partial charge < -0.3 is 13.9 Å². The summed E-state index contributed by atoms with van der Waals surface area (Å²) < 4.78 is 22.0. The third kappa shape index (κ3) is 8.52. The van der Waals surface area contributed by atoms with Crippen LogP contribution in [-0.2, 0) is 20.1 Å². The molecule has 1 aromatic rings. The van der Waals surface area contributed by atoms with Crippen LogP contribution in [0.1, 0.15) is 33.4 Å². The number of ether oxygens (including phenoxy) is 2. The van der Waals surface area contributed by atoms with E-state index in [0.717, 1.165) is 27.2 Å². The molecule has 5 nitrogen and oxygen atoms in total. The van der Waals surface area contributed by atoms with Crippen molar-refractivity contribution in [3.63, 3.8) is 0 Å². The van der Waals surface area contributed by atoms with Gasteiger partial charge in [0, 0.05) is 19.1 Å². The first-order chi connectivity index (χ1) is 12.7. The number of alkyl halides is 1. The van der Waals surface area contributed by atoms with Gasteiger partial charge in [-0.3, -0.25) is 4.68 Å². The molecule has 0 fully saturated rings. The first kappa shape index (κ1) is 26.9. The Labute approximate surface area is 201 Å². The smallest absolute Gasteiger partial charge is 0.248 e. The van der Waals surface area contributed by atoms with Crippen LogP contribution in [0.15, 0.2) is 0 Å². The Hall–Kier alpha value is 0.824. The summed E-state index contributed by atoms with van der Waals surface area (Å²) in [5.74, 6) is 0.666. The minimum atomic E-state index is -1.79. The quantitative estimate of drug-likeness (QED) is 0.0898. The highest BCUT2D eigenvalue weighted by atomic mass is 127. The summed E-state index contributed by atoms with van der Waals surface area (Å²) in [5, 5.41) is 4.91. The topological polar surface area (TPSA) is 45.5 Å². The average molecular weight is 653 g/mol. The molecule has 0 unspecified atom stereocenters. The lowest BCUT2D eigenvalue weighted by Gasteiger charge is -2.38. The zero-order valence-electron chi connectivity index (χ0n) is 19.0. The van der Waals surface area contributed by atoms with Crippen LogP contribution >= 0.6 is 45.2 Å². The highest BCUT2D eigenvalue weighted by molar-refractivity contribution is 14.1. The Morgan fingerprint density at radius 1 is 1.14 bits per heavy atom. The van der Waals surface area contributed by atoms with Gasteiger partial charge in [0.1, 0.15) is 0 Å². The maximum Gasteiger partial charge on any atom is 0.248 e. The van der Waals surface area contributed by atoms with E-state index < -0.39 is 16.4 Å². The second kappa shape index (κ2) is 10.9. The maximum atomic E-state index is 6.51. The predicted octanol–water partition coefficient (Wildman–Crippen LogP) is 6.52. The lowest BCUT2D eigenvalue weighted by atomic mass is 10.2. The second-order valence-electron chi connectivity index (χ2n) is 10.1. The van der Waals surface area contributed by atoms with Crippen LogP contribution in [0.5, 0.6) is 5.88 Å². The predicted molar refractivity (Wildman–Crippen MR) is 140 cm³/mol. The highest BCUT2D eigenvalue weighted by Crippen LogP contribution is 2.37. The van der Waals surface area contributed by atoms with Crippen LogP contribution in [-0.4, -0.2) is 45.7 Å². The van der Waals surface area contributed by atoms with Crippen molar-refractivity contribution in [2.45, 2.75) is 88.6 Å². The third-order valence-corrected chi connectivity index (χ3v) is 13.2. The number of aromatic nitrogens is 2. The van der Waals surface area contributed by atoms with Crippen LogP contribution in [0, 0.1) is 3.57 Å². The van der Waals surface area contributed by atoms with Gasteiger partial charge in [0.25, 0.3) is 0 Å². The van der Waals surface area contributed by atoms with E-state index in [9.17, 15) is 0 Å². The molecule has 164 valence electrons. The van der Waals surface area contributed by atoms with Crippen LogP contribution in [0.25, 0.3) is 0 Å². The van der Waals surface area contributed by atoms with E-state index in [2.05, 4.69) is 106 Å². The Bertz CT molecular complexity index is 626. The minimum absolute atomic E-state index is 0.110. The van der Waals surface area contributed by atoms with Gasteiger partial charge in [-0.2, -0.15) is 0 Å². The molecule has 0 aliphatic heterocycles. The fourth-order valence-corrected chi connectivity index (χ4v) is 6.75. The summed E-state index contributed by atoms with van der Waals surface area (Å²) in [5.41, 5.74) is 1.18. The molecule has 0 saturated carbocycles. The van der Waals surface area contributed by atoms with E-state index in [-0.39, 0.29) is 17.9 Å². The fraction of sp³-hybridized carbons (Fsp3) is 0.842. The number of hydrogen-bond acceptors (Lipinski definition) is 4. The summed E-state index contributed by atoms with van der Waals surface area (Å²) >= 11 is 4.72. The van der Waals surface area contributed by atoms with Crippen LogP contribution in [0.4, 0.5) is 0 Å². The summed E-state index contributed by atoms with van der Waals surface area (Å²) in [6.07, 6.45) is 0.110. The Balaban J connectivity index is 2.71. The summed E-state index contributed by atoms with van der Waals surface area (Å²) in [6.45, 7) is 22.3. The Morgan fingerprint density at radius 3 is 2.25 bits per heavy atom. The molecular formula is C19H38I2N2O3Si2. The van der Waals surface area contributed by atoms with Gasteiger partial charge in [-0.1, -0.05) is 63.0 Å². The van der Waals surface area contributed by atoms with Gasteiger partial charge >= 0.3 is 0 Å². The molecule has 1 heterocycles. The van der Waals surface area contributed by atoms with Gasteiger partial charge in [0.15, 0.2) is 15.1 Å². The van der Waals surface area contributed by atoms with Gasteiger partial charge in [-0.15, -0.1) is 5.10 Å². The molecule has 0 spiro atoms. The molecule has 0 saturated heterocycles. The lowest BCUT2D eigenvalue weighted by Crippen LogP contribution is -2.44. The van der Waals surface area contributed by atoms with Gasteiger partial charge in [0.05, 0.1) is 21.9 Å². The first-order valence-electron chi connectivity index (χ1n) is 9.87. The number of hydrogen-bond donors (Lipinski definition) is 0. The van der Waals surface area contributed by atoms with Gasteiger partial charge in [-0.25, -0.2) is 0 Å². The van der Waals surface area contributed by atoms with Crippen LogP contribution in [0.2, 0.25) is 43.8 Å². The SMILES string of the molecule is C[C@@H](Cn1nc(OCOCC[Si](C)(C)C)c(I)c1CI)O[Si](C)(C)C(C)(C)C. The molecule has 0 radical (unpaired) electrons. The molecule has 0 bridgehead atoms. The maximum absolute atomic E-state index is 6.51. The summed E-state index contributed by atoms with van der Waals surface area (Å²) in [7, 11) is -2.87. The average Bonchev–Trinajstić information content (AvgIpc) is 2.79. The standard InChI is InChI=1S/C19H38I2N2O3Si2/c1-15(26-28(8,9)19(2,3)4)13-23-16(12-20)17(21)18(22-23)25-14-24-10-11-27(5,6)7/h15H,10-14H2,1-9H3/t15-/m0/s1. The van der Waals surface area contributed by atoms with Crippen molar-refractivity contribution in [1.29, 1.82) is 0 Å². The molecule has 0 aliphatic carbocycles. The second-order valence-corrected chi connectivity index (χ2v) is 22.3. The van der Waals surface area contributed by atoms with Crippen molar-refractivity contribution in [2.24, 2.45) is 0 Å². The van der Waals surface area contributed by atoms with Crippen molar-refractivity contribution in [3.05, 3.63) is 9.26 Å². The van der Waals surface area contributed by atoms with E-state index in [1.165, 1.54) is 5.69 Å². The molecule has 9 heteroatoms. The number of halogens is 2. The van der Waals surface area contributed by atoms with Crippen molar-refractivity contribution in [3.8, 4) is 5.88 Å². The van der Waals surface area contributed by atoms with Crippen molar-refractivity contribution >= 4 is 61.6 Å². The van der Waals surface area contributed by atoms with E-state index in [1.807, 2.05) is 4.68 Å².